The van der Waals surface area contributed by atoms with Gasteiger partial charge in [-0.15, -0.1) is 0 Å². The van der Waals surface area contributed by atoms with Crippen molar-refractivity contribution in [2.45, 2.75) is 43.3 Å². The summed E-state index contributed by atoms with van der Waals surface area (Å²) in [6, 6.07) is 5.17. The Morgan fingerprint density at radius 1 is 1.30 bits per heavy atom. The minimum Gasteiger partial charge on any atom is -0.317 e. The van der Waals surface area contributed by atoms with E-state index in [0.717, 1.165) is 31.4 Å². The lowest BCUT2D eigenvalue weighted by molar-refractivity contribution is -0.137. The second-order valence-electron chi connectivity index (χ2n) is 4.76. The van der Waals surface area contributed by atoms with Crippen LogP contribution in [0.3, 0.4) is 0 Å². The van der Waals surface area contributed by atoms with Crippen molar-refractivity contribution >= 4 is 10.8 Å². The first-order valence-electron chi connectivity index (χ1n) is 6.57. The fraction of sp³-hybridized carbons (Fsp3) is 0.571. The molecule has 0 bridgehead atoms. The first kappa shape index (κ1) is 17.2. The third-order valence-electron chi connectivity index (χ3n) is 3.13. The summed E-state index contributed by atoms with van der Waals surface area (Å²) in [7, 11) is 0.515. The van der Waals surface area contributed by atoms with Crippen molar-refractivity contribution in [3.63, 3.8) is 0 Å². The van der Waals surface area contributed by atoms with Crippen LogP contribution in [0.1, 0.15) is 31.7 Å². The van der Waals surface area contributed by atoms with E-state index in [1.54, 1.807) is 0 Å². The molecular formula is C14H20F3NOS. The minimum atomic E-state index is -4.39. The van der Waals surface area contributed by atoms with Crippen LogP contribution < -0.4 is 5.32 Å². The van der Waals surface area contributed by atoms with E-state index in [0.29, 0.717) is 11.8 Å². The Kier molecular flexibility index (Phi) is 6.68. The van der Waals surface area contributed by atoms with Crippen molar-refractivity contribution in [1.82, 2.24) is 5.32 Å². The molecule has 0 aromatic heterocycles. The quantitative estimate of drug-likeness (QED) is 0.780. The minimum absolute atomic E-state index is 0.251. The Morgan fingerprint density at radius 2 is 2.00 bits per heavy atom. The lowest BCUT2D eigenvalue weighted by Gasteiger charge is -2.10. The van der Waals surface area contributed by atoms with E-state index in [4.69, 9.17) is 0 Å². The van der Waals surface area contributed by atoms with Crippen molar-refractivity contribution in [3.8, 4) is 0 Å². The first-order chi connectivity index (χ1) is 9.34. The number of nitrogens with one attached hydrogen (secondary N) is 1. The molecular weight excluding hydrogens is 287 g/mol. The summed E-state index contributed by atoms with van der Waals surface area (Å²) < 4.78 is 49.6. The fourth-order valence-electron chi connectivity index (χ4n) is 1.76. The van der Waals surface area contributed by atoms with Crippen molar-refractivity contribution in [1.29, 1.82) is 0 Å². The van der Waals surface area contributed by atoms with Crippen LogP contribution in [-0.2, 0) is 17.0 Å². The standard InChI is InChI=1S/C14H20F3NOS/c1-11(18-2)6-3-4-9-20(19)13-8-5-7-12(10-13)14(15,16)17/h5,7-8,10-11,18H,3-4,6,9H2,1-2H3. The lowest BCUT2D eigenvalue weighted by Crippen LogP contribution is -2.20. The van der Waals surface area contributed by atoms with Gasteiger partial charge in [0.2, 0.25) is 0 Å². The van der Waals surface area contributed by atoms with Crippen LogP contribution in [0.5, 0.6) is 0 Å². The van der Waals surface area contributed by atoms with E-state index in [2.05, 4.69) is 12.2 Å². The van der Waals surface area contributed by atoms with E-state index >= 15 is 0 Å². The Labute approximate surface area is 120 Å². The molecule has 2 unspecified atom stereocenters. The van der Waals surface area contributed by atoms with Gasteiger partial charge in [0.1, 0.15) is 0 Å². The summed E-state index contributed by atoms with van der Waals surface area (Å²) in [4.78, 5) is 0.251. The smallest absolute Gasteiger partial charge is 0.317 e. The van der Waals surface area contributed by atoms with Gasteiger partial charge >= 0.3 is 6.18 Å². The fourth-order valence-corrected chi connectivity index (χ4v) is 2.95. The average Bonchev–Trinajstić information content (AvgIpc) is 2.42. The number of hydrogen-bond acceptors (Lipinski definition) is 2. The van der Waals surface area contributed by atoms with Crippen LogP contribution in [0.15, 0.2) is 29.2 Å². The molecule has 2 atom stereocenters. The van der Waals surface area contributed by atoms with Crippen LogP contribution >= 0.6 is 0 Å². The van der Waals surface area contributed by atoms with Gasteiger partial charge in [0.15, 0.2) is 0 Å². The number of unbranched alkanes of at least 4 members (excludes halogenated alkanes) is 1. The summed E-state index contributed by atoms with van der Waals surface area (Å²) in [5.41, 5.74) is -0.743. The van der Waals surface area contributed by atoms with E-state index in [-0.39, 0.29) is 4.90 Å². The van der Waals surface area contributed by atoms with Crippen LogP contribution in [0.4, 0.5) is 13.2 Å². The van der Waals surface area contributed by atoms with E-state index in [1.165, 1.54) is 12.1 Å². The van der Waals surface area contributed by atoms with Crippen LogP contribution in [0.25, 0.3) is 0 Å². The highest BCUT2D eigenvalue weighted by atomic mass is 32.2. The average molecular weight is 307 g/mol. The Balaban J connectivity index is 2.52. The number of alkyl halides is 3. The molecule has 0 saturated heterocycles. The second kappa shape index (κ2) is 7.78. The number of rotatable bonds is 7. The molecule has 114 valence electrons. The van der Waals surface area contributed by atoms with Crippen molar-refractivity contribution in [2.24, 2.45) is 0 Å². The molecule has 0 aliphatic rings. The molecule has 20 heavy (non-hydrogen) atoms. The Morgan fingerprint density at radius 3 is 2.60 bits per heavy atom. The normalized spacial score (nSPS) is 15.1. The molecule has 0 aliphatic carbocycles. The summed E-state index contributed by atoms with van der Waals surface area (Å²) >= 11 is 0. The molecule has 6 heteroatoms. The maximum absolute atomic E-state index is 12.6. The third-order valence-corrected chi connectivity index (χ3v) is 4.57. The van der Waals surface area contributed by atoms with Gasteiger partial charge in [-0.3, -0.25) is 4.21 Å². The molecule has 1 N–H and O–H groups in total. The largest absolute Gasteiger partial charge is 0.416 e. The highest BCUT2D eigenvalue weighted by Gasteiger charge is 2.30. The second-order valence-corrected chi connectivity index (χ2v) is 6.33. The van der Waals surface area contributed by atoms with Gasteiger partial charge in [-0.05, 0) is 45.0 Å². The zero-order valence-corrected chi connectivity index (χ0v) is 12.5. The summed E-state index contributed by atoms with van der Waals surface area (Å²) in [5.74, 6) is 0.401. The van der Waals surface area contributed by atoms with Gasteiger partial charge in [-0.1, -0.05) is 12.5 Å². The van der Waals surface area contributed by atoms with Gasteiger partial charge < -0.3 is 5.32 Å². The van der Waals surface area contributed by atoms with Gasteiger partial charge in [-0.2, -0.15) is 13.2 Å². The Bertz CT molecular complexity index is 448. The molecule has 1 aromatic rings. The van der Waals surface area contributed by atoms with Gasteiger partial charge in [-0.25, -0.2) is 0 Å². The zero-order valence-electron chi connectivity index (χ0n) is 11.7. The molecule has 0 aliphatic heterocycles. The molecule has 0 fully saturated rings. The monoisotopic (exact) mass is 307 g/mol. The maximum Gasteiger partial charge on any atom is 0.416 e. The lowest BCUT2D eigenvalue weighted by atomic mass is 10.1. The van der Waals surface area contributed by atoms with Crippen LogP contribution in [0.2, 0.25) is 0 Å². The van der Waals surface area contributed by atoms with Gasteiger partial charge in [0.05, 0.1) is 16.4 Å². The SMILES string of the molecule is CNC(C)CCCCS(=O)c1cccc(C(F)(F)F)c1. The topological polar surface area (TPSA) is 29.1 Å². The van der Waals surface area contributed by atoms with E-state index < -0.39 is 22.5 Å². The Hall–Kier alpha value is -0.880. The number of halogens is 3. The molecule has 0 heterocycles. The predicted octanol–water partition coefficient (Wildman–Crippen LogP) is 3.59. The van der Waals surface area contributed by atoms with Crippen molar-refractivity contribution in [3.05, 3.63) is 29.8 Å². The van der Waals surface area contributed by atoms with E-state index in [9.17, 15) is 17.4 Å². The summed E-state index contributed by atoms with van der Waals surface area (Å²) in [6.07, 6.45) is -1.76. The molecule has 0 radical (unpaired) electrons. The van der Waals surface area contributed by atoms with Crippen LogP contribution in [0, 0.1) is 0 Å². The molecule has 0 spiro atoms. The van der Waals surface area contributed by atoms with Crippen LogP contribution in [-0.4, -0.2) is 23.1 Å². The molecule has 0 saturated carbocycles. The number of benzene rings is 1. The summed E-state index contributed by atoms with van der Waals surface area (Å²) in [5, 5.41) is 3.11. The number of hydrogen-bond donors (Lipinski definition) is 1. The third kappa shape index (κ3) is 5.63. The zero-order chi connectivity index (χ0) is 15.2. The highest BCUT2D eigenvalue weighted by Crippen LogP contribution is 2.30. The predicted molar refractivity (Wildman–Crippen MR) is 75.1 cm³/mol. The highest BCUT2D eigenvalue weighted by molar-refractivity contribution is 7.85. The maximum atomic E-state index is 12.6. The van der Waals surface area contributed by atoms with Gasteiger partial charge in [0.25, 0.3) is 0 Å². The van der Waals surface area contributed by atoms with Crippen molar-refractivity contribution in [2.75, 3.05) is 12.8 Å². The van der Waals surface area contributed by atoms with Gasteiger partial charge in [0, 0.05) is 16.7 Å². The van der Waals surface area contributed by atoms with Crippen molar-refractivity contribution < 1.29 is 17.4 Å². The van der Waals surface area contributed by atoms with E-state index in [1.807, 2.05) is 7.05 Å². The molecule has 1 aromatic carbocycles. The molecule has 0 amide bonds. The molecule has 1 rings (SSSR count). The molecule has 2 nitrogen and oxygen atoms in total. The first-order valence-corrected chi connectivity index (χ1v) is 7.89. The summed E-state index contributed by atoms with van der Waals surface area (Å²) in [6.45, 7) is 2.06.